The lowest BCUT2D eigenvalue weighted by molar-refractivity contribution is -0.122. The average molecular weight is 459 g/mol. The lowest BCUT2D eigenvalue weighted by Gasteiger charge is -2.18. The molecule has 0 aliphatic rings. The largest absolute Gasteiger partial charge is 0.497 e. The minimum absolute atomic E-state index is 0.315. The zero-order chi connectivity index (χ0) is 22.4. The van der Waals surface area contributed by atoms with Gasteiger partial charge in [-0.2, -0.15) is 0 Å². The second kappa shape index (κ2) is 10.2. The molecule has 0 aliphatic carbocycles. The van der Waals surface area contributed by atoms with E-state index < -0.39 is 12.0 Å². The molecule has 8 heteroatoms. The number of hydrogen-bond donors (Lipinski definition) is 2. The summed E-state index contributed by atoms with van der Waals surface area (Å²) in [5, 5.41) is 6.32. The van der Waals surface area contributed by atoms with Crippen LogP contribution in [0.1, 0.15) is 17.3 Å². The van der Waals surface area contributed by atoms with Crippen LogP contribution in [0.4, 0.5) is 11.4 Å². The summed E-state index contributed by atoms with van der Waals surface area (Å²) in [7, 11) is 1.56. The van der Waals surface area contributed by atoms with E-state index in [0.29, 0.717) is 38.5 Å². The molecule has 6 nitrogen and oxygen atoms in total. The number of carbonyl (C=O) groups excluding carboxylic acids is 2. The van der Waals surface area contributed by atoms with Crippen LogP contribution in [0.15, 0.2) is 66.7 Å². The van der Waals surface area contributed by atoms with Gasteiger partial charge in [0.1, 0.15) is 11.5 Å². The van der Waals surface area contributed by atoms with E-state index in [1.807, 2.05) is 0 Å². The highest BCUT2D eigenvalue weighted by Gasteiger charge is 2.18. The van der Waals surface area contributed by atoms with Crippen LogP contribution in [-0.4, -0.2) is 25.0 Å². The van der Waals surface area contributed by atoms with Crippen molar-refractivity contribution in [2.45, 2.75) is 13.0 Å². The molecule has 0 fully saturated rings. The first kappa shape index (κ1) is 22.5. The molecule has 0 aromatic heterocycles. The van der Waals surface area contributed by atoms with Crippen molar-refractivity contribution in [1.29, 1.82) is 0 Å². The summed E-state index contributed by atoms with van der Waals surface area (Å²) in [5.74, 6) is 0.302. The van der Waals surface area contributed by atoms with Crippen molar-refractivity contribution in [3.05, 3.63) is 82.3 Å². The SMILES string of the molecule is COc1ccc(C(=O)Nc2ccccc2OC(C)C(=O)Nc2cc(Cl)cc(Cl)c2)cc1. The molecule has 1 unspecified atom stereocenters. The Hall–Kier alpha value is -3.22. The van der Waals surface area contributed by atoms with Crippen molar-refractivity contribution in [1.82, 2.24) is 0 Å². The van der Waals surface area contributed by atoms with Gasteiger partial charge in [0.15, 0.2) is 6.10 Å². The first-order chi connectivity index (χ1) is 14.9. The van der Waals surface area contributed by atoms with Gasteiger partial charge < -0.3 is 20.1 Å². The van der Waals surface area contributed by atoms with E-state index in [1.165, 1.54) is 0 Å². The normalized spacial score (nSPS) is 11.4. The van der Waals surface area contributed by atoms with Gasteiger partial charge in [-0.05, 0) is 61.5 Å². The van der Waals surface area contributed by atoms with Crippen LogP contribution in [0.3, 0.4) is 0 Å². The summed E-state index contributed by atoms with van der Waals surface area (Å²) in [6.07, 6.45) is -0.850. The van der Waals surface area contributed by atoms with Crippen LogP contribution in [0.5, 0.6) is 11.5 Å². The molecule has 0 heterocycles. The minimum atomic E-state index is -0.850. The van der Waals surface area contributed by atoms with Gasteiger partial charge in [0.2, 0.25) is 0 Å². The number of nitrogens with one attached hydrogen (secondary N) is 2. The maximum Gasteiger partial charge on any atom is 0.265 e. The minimum Gasteiger partial charge on any atom is -0.497 e. The van der Waals surface area contributed by atoms with E-state index in [4.69, 9.17) is 32.7 Å². The summed E-state index contributed by atoms with van der Waals surface area (Å²) in [6.45, 7) is 1.60. The van der Waals surface area contributed by atoms with Crippen LogP contribution in [0.25, 0.3) is 0 Å². The third-order valence-corrected chi connectivity index (χ3v) is 4.73. The number of methoxy groups -OCH3 is 1. The maximum atomic E-state index is 12.6. The molecule has 0 bridgehead atoms. The molecule has 0 radical (unpaired) electrons. The van der Waals surface area contributed by atoms with Crippen molar-refractivity contribution < 1.29 is 19.1 Å². The second-order valence-corrected chi connectivity index (χ2v) is 7.46. The predicted molar refractivity (Wildman–Crippen MR) is 123 cm³/mol. The molecule has 0 saturated heterocycles. The zero-order valence-electron chi connectivity index (χ0n) is 16.8. The Kier molecular flexibility index (Phi) is 7.39. The number of para-hydroxylation sites is 2. The highest BCUT2D eigenvalue weighted by atomic mass is 35.5. The molecule has 160 valence electrons. The van der Waals surface area contributed by atoms with Gasteiger partial charge in [-0.25, -0.2) is 0 Å². The second-order valence-electron chi connectivity index (χ2n) is 6.59. The Morgan fingerprint density at radius 3 is 2.19 bits per heavy atom. The Morgan fingerprint density at radius 1 is 0.903 bits per heavy atom. The van der Waals surface area contributed by atoms with E-state index in [2.05, 4.69) is 10.6 Å². The molecular weight excluding hydrogens is 439 g/mol. The lowest BCUT2D eigenvalue weighted by Crippen LogP contribution is -2.30. The smallest absolute Gasteiger partial charge is 0.265 e. The average Bonchev–Trinajstić information content (AvgIpc) is 2.74. The van der Waals surface area contributed by atoms with Crippen LogP contribution in [-0.2, 0) is 4.79 Å². The number of amides is 2. The molecule has 2 amide bonds. The molecule has 3 aromatic carbocycles. The summed E-state index contributed by atoms with van der Waals surface area (Å²) in [5.41, 5.74) is 1.35. The number of hydrogen-bond acceptors (Lipinski definition) is 4. The van der Waals surface area contributed by atoms with Crippen LogP contribution >= 0.6 is 23.2 Å². The molecule has 3 aromatic rings. The summed E-state index contributed by atoms with van der Waals surface area (Å²) >= 11 is 11.9. The lowest BCUT2D eigenvalue weighted by atomic mass is 10.2. The van der Waals surface area contributed by atoms with E-state index in [-0.39, 0.29) is 5.91 Å². The molecule has 1 atom stereocenters. The topological polar surface area (TPSA) is 76.7 Å². The molecule has 31 heavy (non-hydrogen) atoms. The molecular formula is C23H20Cl2N2O4. The molecule has 0 saturated carbocycles. The summed E-state index contributed by atoms with van der Waals surface area (Å²) < 4.78 is 10.9. The summed E-state index contributed by atoms with van der Waals surface area (Å²) in [4.78, 5) is 25.1. The fourth-order valence-corrected chi connectivity index (χ4v) is 3.25. The van der Waals surface area contributed by atoms with E-state index in [9.17, 15) is 9.59 Å². The monoisotopic (exact) mass is 458 g/mol. The van der Waals surface area contributed by atoms with E-state index >= 15 is 0 Å². The van der Waals surface area contributed by atoms with Gasteiger partial charge in [-0.1, -0.05) is 35.3 Å². The van der Waals surface area contributed by atoms with Crippen molar-refractivity contribution in [3.63, 3.8) is 0 Å². The first-order valence-electron chi connectivity index (χ1n) is 9.34. The number of benzene rings is 3. The third-order valence-electron chi connectivity index (χ3n) is 4.29. The zero-order valence-corrected chi connectivity index (χ0v) is 18.3. The fraction of sp³-hybridized carbons (Fsp3) is 0.130. The predicted octanol–water partition coefficient (Wildman–Crippen LogP) is 5.66. The molecule has 2 N–H and O–H groups in total. The quantitative estimate of drug-likeness (QED) is 0.478. The van der Waals surface area contributed by atoms with Crippen molar-refractivity contribution in [2.75, 3.05) is 17.7 Å². The number of anilines is 2. The highest BCUT2D eigenvalue weighted by molar-refractivity contribution is 6.35. The Bertz CT molecular complexity index is 1070. The molecule has 3 rings (SSSR count). The van der Waals surface area contributed by atoms with Gasteiger partial charge in [-0.3, -0.25) is 9.59 Å². The van der Waals surface area contributed by atoms with Crippen LogP contribution in [0, 0.1) is 0 Å². The number of ether oxygens (including phenoxy) is 2. The van der Waals surface area contributed by atoms with E-state index in [1.54, 1.807) is 80.8 Å². The number of carbonyl (C=O) groups is 2. The Morgan fingerprint density at radius 2 is 1.55 bits per heavy atom. The van der Waals surface area contributed by atoms with Gasteiger partial charge >= 0.3 is 0 Å². The van der Waals surface area contributed by atoms with E-state index in [0.717, 1.165) is 0 Å². The fourth-order valence-electron chi connectivity index (χ4n) is 2.72. The molecule has 0 aliphatic heterocycles. The number of halogens is 2. The van der Waals surface area contributed by atoms with Crippen LogP contribution < -0.4 is 20.1 Å². The maximum absolute atomic E-state index is 12.6. The Balaban J connectivity index is 1.68. The van der Waals surface area contributed by atoms with Gasteiger partial charge in [-0.15, -0.1) is 0 Å². The highest BCUT2D eigenvalue weighted by Crippen LogP contribution is 2.27. The summed E-state index contributed by atoms with van der Waals surface area (Å²) in [6, 6.07) is 18.3. The first-order valence-corrected chi connectivity index (χ1v) is 10.1. The Labute approximate surface area is 190 Å². The van der Waals surface area contributed by atoms with Crippen molar-refractivity contribution in [2.24, 2.45) is 0 Å². The van der Waals surface area contributed by atoms with Crippen LogP contribution in [0.2, 0.25) is 10.0 Å². The third kappa shape index (κ3) is 6.13. The van der Waals surface area contributed by atoms with Crippen molar-refractivity contribution >= 4 is 46.4 Å². The van der Waals surface area contributed by atoms with Gasteiger partial charge in [0.05, 0.1) is 12.8 Å². The van der Waals surface area contributed by atoms with Crippen molar-refractivity contribution in [3.8, 4) is 11.5 Å². The standard InChI is InChI=1S/C23H20Cl2N2O4/c1-14(22(28)26-18-12-16(24)11-17(25)13-18)31-21-6-4-3-5-20(21)27-23(29)15-7-9-19(30-2)10-8-15/h3-14H,1-2H3,(H,26,28)(H,27,29). The molecule has 0 spiro atoms. The number of rotatable bonds is 7. The van der Waals surface area contributed by atoms with Gasteiger partial charge in [0.25, 0.3) is 11.8 Å². The van der Waals surface area contributed by atoms with Gasteiger partial charge in [0, 0.05) is 21.3 Å².